The topological polar surface area (TPSA) is 44.2 Å². The summed E-state index contributed by atoms with van der Waals surface area (Å²) in [6.45, 7) is 1.71. The van der Waals surface area contributed by atoms with Gasteiger partial charge >= 0.3 is 0 Å². The quantitative estimate of drug-likeness (QED) is 0.581. The van der Waals surface area contributed by atoms with E-state index in [0.717, 1.165) is 11.3 Å². The third-order valence-corrected chi connectivity index (χ3v) is 2.91. The van der Waals surface area contributed by atoms with Crippen molar-refractivity contribution in [1.29, 1.82) is 0 Å². The molecule has 0 atom stereocenters. The minimum absolute atomic E-state index is 0.450. The zero-order valence-electron chi connectivity index (χ0n) is 11.4. The van der Waals surface area contributed by atoms with Crippen LogP contribution in [0, 0.1) is 0 Å². The Bertz CT molecular complexity index is 535. The van der Waals surface area contributed by atoms with Crippen molar-refractivity contribution < 1.29 is 9.47 Å². The number of hydrogen-bond acceptors (Lipinski definition) is 4. The molecule has 2 aromatic rings. The van der Waals surface area contributed by atoms with Crippen LogP contribution < -0.4 is 0 Å². The van der Waals surface area contributed by atoms with Crippen molar-refractivity contribution >= 4 is 11.6 Å². The number of methoxy groups -OCH3 is 1. The monoisotopic (exact) mass is 292 g/mol. The van der Waals surface area contributed by atoms with Crippen LogP contribution in [0.15, 0.2) is 36.4 Å². The Morgan fingerprint density at radius 1 is 1.05 bits per heavy atom. The lowest BCUT2D eigenvalue weighted by Crippen LogP contribution is -2.07. The van der Waals surface area contributed by atoms with Crippen LogP contribution in [0.2, 0.25) is 5.15 Å². The fraction of sp³-hybridized carbons (Fsp3) is 0.333. The maximum Gasteiger partial charge on any atom is 0.133 e. The molecule has 2 rings (SSSR count). The van der Waals surface area contributed by atoms with E-state index in [1.165, 1.54) is 0 Å². The van der Waals surface area contributed by atoms with Crippen molar-refractivity contribution in [3.8, 4) is 11.3 Å². The van der Waals surface area contributed by atoms with Crippen molar-refractivity contribution in [2.45, 2.75) is 6.42 Å². The Kier molecular flexibility index (Phi) is 5.92. The van der Waals surface area contributed by atoms with Gasteiger partial charge in [-0.3, -0.25) is 0 Å². The summed E-state index contributed by atoms with van der Waals surface area (Å²) in [5.74, 6) is 0.689. The number of aromatic nitrogens is 2. The normalized spacial score (nSPS) is 10.7. The van der Waals surface area contributed by atoms with Gasteiger partial charge in [-0.15, -0.1) is 0 Å². The highest BCUT2D eigenvalue weighted by molar-refractivity contribution is 6.29. The summed E-state index contributed by atoms with van der Waals surface area (Å²) in [6.07, 6.45) is 0.629. The molecule has 0 fully saturated rings. The molecule has 0 saturated heterocycles. The van der Waals surface area contributed by atoms with Gasteiger partial charge in [-0.2, -0.15) is 0 Å². The molecule has 4 nitrogen and oxygen atoms in total. The van der Waals surface area contributed by atoms with E-state index in [9.17, 15) is 0 Å². The van der Waals surface area contributed by atoms with Gasteiger partial charge in [-0.1, -0.05) is 41.9 Å². The van der Waals surface area contributed by atoms with E-state index in [-0.39, 0.29) is 0 Å². The number of halogens is 1. The van der Waals surface area contributed by atoms with Crippen LogP contribution in [0.1, 0.15) is 5.82 Å². The van der Waals surface area contributed by atoms with Crippen LogP contribution in [0.5, 0.6) is 0 Å². The van der Waals surface area contributed by atoms with Crippen molar-refractivity contribution in [3.05, 3.63) is 47.4 Å². The van der Waals surface area contributed by atoms with Gasteiger partial charge in [0.2, 0.25) is 0 Å². The SMILES string of the molecule is COCCOCCc1nc(Cl)cc(-c2ccccc2)n1. The lowest BCUT2D eigenvalue weighted by Gasteiger charge is -2.06. The average Bonchev–Trinajstić information content (AvgIpc) is 2.47. The van der Waals surface area contributed by atoms with Gasteiger partial charge < -0.3 is 9.47 Å². The fourth-order valence-corrected chi connectivity index (χ4v) is 1.94. The summed E-state index contributed by atoms with van der Waals surface area (Å²) in [5, 5.41) is 0.450. The van der Waals surface area contributed by atoms with Crippen LogP contribution >= 0.6 is 11.6 Å². The first-order chi connectivity index (χ1) is 9.79. The molecule has 0 saturated carbocycles. The molecule has 5 heteroatoms. The molecular weight excluding hydrogens is 276 g/mol. The van der Waals surface area contributed by atoms with Crippen LogP contribution in [0.25, 0.3) is 11.3 Å². The van der Waals surface area contributed by atoms with Gasteiger partial charge in [0.05, 0.1) is 25.5 Å². The molecule has 0 aliphatic heterocycles. The predicted molar refractivity (Wildman–Crippen MR) is 78.9 cm³/mol. The van der Waals surface area contributed by atoms with Gasteiger partial charge in [0.25, 0.3) is 0 Å². The van der Waals surface area contributed by atoms with E-state index < -0.39 is 0 Å². The molecule has 0 radical (unpaired) electrons. The van der Waals surface area contributed by atoms with Crippen LogP contribution in [0.4, 0.5) is 0 Å². The number of benzene rings is 1. The summed E-state index contributed by atoms with van der Waals surface area (Å²) in [6, 6.07) is 11.7. The van der Waals surface area contributed by atoms with E-state index in [4.69, 9.17) is 21.1 Å². The standard InChI is InChI=1S/C15H17ClN2O2/c1-19-9-10-20-8-7-15-17-13(11-14(16)18-15)12-5-3-2-4-6-12/h2-6,11H,7-10H2,1H3. The number of rotatable bonds is 7. The van der Waals surface area contributed by atoms with Crippen molar-refractivity contribution in [2.75, 3.05) is 26.9 Å². The molecule has 20 heavy (non-hydrogen) atoms. The first-order valence-electron chi connectivity index (χ1n) is 6.45. The molecule has 0 amide bonds. The Hall–Kier alpha value is -1.49. The van der Waals surface area contributed by atoms with E-state index in [2.05, 4.69) is 9.97 Å². The molecule has 0 aliphatic carbocycles. The molecule has 0 spiro atoms. The molecule has 1 aromatic heterocycles. The van der Waals surface area contributed by atoms with Gasteiger partial charge in [0.1, 0.15) is 11.0 Å². The number of ether oxygens (including phenoxy) is 2. The van der Waals surface area contributed by atoms with Crippen molar-refractivity contribution in [1.82, 2.24) is 9.97 Å². The lowest BCUT2D eigenvalue weighted by atomic mass is 10.1. The molecule has 1 aromatic carbocycles. The van der Waals surface area contributed by atoms with Crippen molar-refractivity contribution in [2.24, 2.45) is 0 Å². The Labute approximate surface area is 123 Å². The second kappa shape index (κ2) is 7.94. The second-order valence-corrected chi connectivity index (χ2v) is 4.60. The maximum absolute atomic E-state index is 6.05. The smallest absolute Gasteiger partial charge is 0.133 e. The van der Waals surface area contributed by atoms with Crippen LogP contribution in [0.3, 0.4) is 0 Å². The van der Waals surface area contributed by atoms with Gasteiger partial charge in [-0.05, 0) is 0 Å². The summed E-state index contributed by atoms with van der Waals surface area (Å²) < 4.78 is 10.3. The van der Waals surface area contributed by atoms with Gasteiger partial charge in [0, 0.05) is 25.2 Å². The van der Waals surface area contributed by atoms with E-state index in [1.807, 2.05) is 30.3 Å². The average molecular weight is 293 g/mol. The first-order valence-corrected chi connectivity index (χ1v) is 6.83. The van der Waals surface area contributed by atoms with Gasteiger partial charge in [-0.25, -0.2) is 9.97 Å². The Balaban J connectivity index is 2.02. The predicted octanol–water partition coefficient (Wildman–Crippen LogP) is 3.00. The molecule has 0 unspecified atom stereocenters. The highest BCUT2D eigenvalue weighted by atomic mass is 35.5. The van der Waals surface area contributed by atoms with Crippen LogP contribution in [-0.4, -0.2) is 36.9 Å². The molecule has 1 heterocycles. The molecule has 0 aliphatic rings. The summed E-state index contributed by atoms with van der Waals surface area (Å²) >= 11 is 6.05. The zero-order chi connectivity index (χ0) is 14.2. The highest BCUT2D eigenvalue weighted by Gasteiger charge is 2.05. The van der Waals surface area contributed by atoms with E-state index in [1.54, 1.807) is 13.2 Å². The minimum Gasteiger partial charge on any atom is -0.382 e. The van der Waals surface area contributed by atoms with Crippen LogP contribution in [-0.2, 0) is 15.9 Å². The highest BCUT2D eigenvalue weighted by Crippen LogP contribution is 2.19. The third kappa shape index (κ3) is 4.56. The Morgan fingerprint density at radius 2 is 1.85 bits per heavy atom. The number of hydrogen-bond donors (Lipinski definition) is 0. The van der Waals surface area contributed by atoms with E-state index >= 15 is 0 Å². The largest absolute Gasteiger partial charge is 0.382 e. The molecule has 0 N–H and O–H groups in total. The zero-order valence-corrected chi connectivity index (χ0v) is 12.1. The minimum atomic E-state index is 0.450. The van der Waals surface area contributed by atoms with E-state index in [0.29, 0.717) is 37.2 Å². The third-order valence-electron chi connectivity index (χ3n) is 2.71. The Morgan fingerprint density at radius 3 is 2.60 bits per heavy atom. The van der Waals surface area contributed by atoms with Crippen molar-refractivity contribution in [3.63, 3.8) is 0 Å². The summed E-state index contributed by atoms with van der Waals surface area (Å²) in [4.78, 5) is 8.74. The molecule has 106 valence electrons. The molecular formula is C15H17ClN2O2. The first kappa shape index (κ1) is 14.9. The maximum atomic E-state index is 6.05. The second-order valence-electron chi connectivity index (χ2n) is 4.21. The lowest BCUT2D eigenvalue weighted by molar-refractivity contribution is 0.0716. The summed E-state index contributed by atoms with van der Waals surface area (Å²) in [7, 11) is 1.65. The van der Waals surface area contributed by atoms with Gasteiger partial charge in [0.15, 0.2) is 0 Å². The fourth-order valence-electron chi connectivity index (χ4n) is 1.74. The number of nitrogens with zero attached hydrogens (tertiary/aromatic N) is 2. The summed E-state index contributed by atoms with van der Waals surface area (Å²) in [5.41, 5.74) is 1.86. The molecule has 0 bridgehead atoms.